The Kier molecular flexibility index (Phi) is 2.92. The van der Waals surface area contributed by atoms with Crippen LogP contribution in [0.3, 0.4) is 0 Å². The summed E-state index contributed by atoms with van der Waals surface area (Å²) in [6.07, 6.45) is -6.60. The van der Waals surface area contributed by atoms with Gasteiger partial charge in [-0.1, -0.05) is 0 Å². The van der Waals surface area contributed by atoms with Crippen LogP contribution in [0, 0.1) is 5.92 Å². The van der Waals surface area contributed by atoms with Crippen LogP contribution < -0.4 is 0 Å². The molecule has 0 bridgehead atoms. The van der Waals surface area contributed by atoms with Gasteiger partial charge in [-0.3, -0.25) is 0 Å². The second-order valence-electron chi connectivity index (χ2n) is 2.59. The molecular weight excluding hydrogens is 177 g/mol. The van der Waals surface area contributed by atoms with Gasteiger partial charge in [0, 0.05) is 5.92 Å². The van der Waals surface area contributed by atoms with Crippen molar-refractivity contribution < 1.29 is 27.8 Å². The number of alkyl halides is 3. The average Bonchev–Trinajstić information content (AvgIpc) is 2.03. The van der Waals surface area contributed by atoms with Crippen molar-refractivity contribution in [3.05, 3.63) is 0 Å². The number of aliphatic hydroxyl groups is 1. The van der Waals surface area contributed by atoms with E-state index in [2.05, 4.69) is 9.47 Å². The van der Waals surface area contributed by atoms with Gasteiger partial charge in [0.25, 0.3) is 6.29 Å². The molecule has 1 saturated heterocycles. The van der Waals surface area contributed by atoms with Crippen molar-refractivity contribution in [2.45, 2.75) is 12.5 Å². The van der Waals surface area contributed by atoms with Crippen LogP contribution in [-0.4, -0.2) is 37.4 Å². The average molecular weight is 186 g/mol. The van der Waals surface area contributed by atoms with Gasteiger partial charge < -0.3 is 14.6 Å². The van der Waals surface area contributed by atoms with Gasteiger partial charge in [0.15, 0.2) is 0 Å². The molecule has 1 fully saturated rings. The first-order valence-electron chi connectivity index (χ1n) is 3.45. The first-order chi connectivity index (χ1) is 5.54. The predicted octanol–water partition coefficient (Wildman–Crippen LogP) is 0.530. The molecule has 0 aromatic heterocycles. The second kappa shape index (κ2) is 3.59. The van der Waals surface area contributed by atoms with Crippen molar-refractivity contribution in [3.63, 3.8) is 0 Å². The largest absolute Gasteiger partial charge is 0.440 e. The molecule has 1 heterocycles. The molecule has 0 amide bonds. The fourth-order valence-corrected chi connectivity index (χ4v) is 0.838. The first-order valence-corrected chi connectivity index (χ1v) is 3.45. The van der Waals surface area contributed by atoms with Crippen LogP contribution in [0.25, 0.3) is 0 Å². The molecule has 0 aliphatic carbocycles. The Morgan fingerprint density at radius 2 is 1.75 bits per heavy atom. The number of hydrogen-bond acceptors (Lipinski definition) is 3. The molecule has 3 nitrogen and oxygen atoms in total. The van der Waals surface area contributed by atoms with Gasteiger partial charge in [0.2, 0.25) is 0 Å². The van der Waals surface area contributed by atoms with Gasteiger partial charge in [-0.2, -0.15) is 13.2 Å². The van der Waals surface area contributed by atoms with Gasteiger partial charge in [0.05, 0.1) is 19.8 Å². The highest BCUT2D eigenvalue weighted by Crippen LogP contribution is 2.27. The lowest BCUT2D eigenvalue weighted by Crippen LogP contribution is -2.42. The fraction of sp³-hybridized carbons (Fsp3) is 1.00. The molecule has 0 spiro atoms. The van der Waals surface area contributed by atoms with E-state index in [1.807, 2.05) is 0 Å². The maximum atomic E-state index is 11.9. The Morgan fingerprint density at radius 1 is 1.25 bits per heavy atom. The Balaban J connectivity index is 2.36. The standard InChI is InChI=1S/C6H9F3O3/c7-6(8,9)5-11-2-4(1-10)3-12-5/h4-5,10H,1-3H2. The molecule has 12 heavy (non-hydrogen) atoms. The molecule has 1 aliphatic rings. The zero-order valence-corrected chi connectivity index (χ0v) is 6.17. The predicted molar refractivity (Wildman–Crippen MR) is 32.3 cm³/mol. The zero-order chi connectivity index (χ0) is 9.19. The van der Waals surface area contributed by atoms with Crippen LogP contribution in [0.1, 0.15) is 0 Å². The van der Waals surface area contributed by atoms with Crippen molar-refractivity contribution in [2.75, 3.05) is 19.8 Å². The fourth-order valence-electron chi connectivity index (χ4n) is 0.838. The number of hydrogen-bond donors (Lipinski definition) is 1. The summed E-state index contributed by atoms with van der Waals surface area (Å²) in [6.45, 7) is -0.439. The molecule has 0 radical (unpaired) electrons. The third kappa shape index (κ3) is 2.33. The minimum absolute atomic E-state index is 0.110. The molecule has 0 atom stereocenters. The normalized spacial score (nSPS) is 32.0. The number of ether oxygens (including phenoxy) is 2. The van der Waals surface area contributed by atoms with Crippen molar-refractivity contribution in [1.82, 2.24) is 0 Å². The Hall–Kier alpha value is -0.330. The van der Waals surface area contributed by atoms with Gasteiger partial charge in [-0.15, -0.1) is 0 Å². The van der Waals surface area contributed by atoms with Crippen LogP contribution >= 0.6 is 0 Å². The van der Waals surface area contributed by atoms with Gasteiger partial charge in [0.1, 0.15) is 0 Å². The van der Waals surface area contributed by atoms with Gasteiger partial charge in [-0.25, -0.2) is 0 Å². The summed E-state index contributed by atoms with van der Waals surface area (Å²) in [6, 6.07) is 0. The highest BCUT2D eigenvalue weighted by atomic mass is 19.4. The molecule has 0 aromatic carbocycles. The van der Waals surface area contributed by atoms with Gasteiger partial charge in [-0.05, 0) is 0 Å². The summed E-state index contributed by atoms with van der Waals surface area (Å²) in [4.78, 5) is 0. The Labute approximate surface area is 67.1 Å². The monoisotopic (exact) mass is 186 g/mol. The van der Waals surface area contributed by atoms with E-state index in [0.29, 0.717) is 0 Å². The summed E-state index contributed by atoms with van der Waals surface area (Å²) in [7, 11) is 0. The van der Waals surface area contributed by atoms with E-state index in [4.69, 9.17) is 5.11 Å². The van der Waals surface area contributed by atoms with E-state index in [1.165, 1.54) is 0 Å². The minimum Gasteiger partial charge on any atom is -0.396 e. The third-order valence-electron chi connectivity index (χ3n) is 1.49. The highest BCUT2D eigenvalue weighted by molar-refractivity contribution is 4.66. The first kappa shape index (κ1) is 9.76. The second-order valence-corrected chi connectivity index (χ2v) is 2.59. The van der Waals surface area contributed by atoms with Crippen molar-refractivity contribution in [3.8, 4) is 0 Å². The molecule has 1 aliphatic heterocycles. The van der Waals surface area contributed by atoms with E-state index in [9.17, 15) is 13.2 Å². The van der Waals surface area contributed by atoms with Crippen LogP contribution in [0.2, 0.25) is 0 Å². The molecule has 0 aromatic rings. The van der Waals surface area contributed by atoms with E-state index in [1.54, 1.807) is 0 Å². The SMILES string of the molecule is OCC1COC(C(F)(F)F)OC1. The summed E-state index contributed by atoms with van der Waals surface area (Å²) in [5.74, 6) is -0.344. The highest BCUT2D eigenvalue weighted by Gasteiger charge is 2.44. The molecule has 1 N–H and O–H groups in total. The molecule has 1 rings (SSSR count). The van der Waals surface area contributed by atoms with Crippen LogP contribution in [0.4, 0.5) is 13.2 Å². The number of rotatable bonds is 1. The molecule has 72 valence electrons. The van der Waals surface area contributed by atoms with E-state index >= 15 is 0 Å². The van der Waals surface area contributed by atoms with Crippen LogP contribution in [0.15, 0.2) is 0 Å². The van der Waals surface area contributed by atoms with Crippen molar-refractivity contribution in [1.29, 1.82) is 0 Å². The molecular formula is C6H9F3O3. The minimum atomic E-state index is -4.47. The lowest BCUT2D eigenvalue weighted by molar-refractivity contribution is -0.335. The van der Waals surface area contributed by atoms with E-state index in [-0.39, 0.29) is 25.7 Å². The van der Waals surface area contributed by atoms with Crippen molar-refractivity contribution >= 4 is 0 Å². The maximum absolute atomic E-state index is 11.9. The lowest BCUT2D eigenvalue weighted by Gasteiger charge is -2.29. The maximum Gasteiger partial charge on any atom is 0.440 e. The van der Waals surface area contributed by atoms with E-state index in [0.717, 1.165) is 0 Å². The van der Waals surface area contributed by atoms with Gasteiger partial charge >= 0.3 is 6.18 Å². The Morgan fingerprint density at radius 3 is 2.08 bits per heavy atom. The quantitative estimate of drug-likeness (QED) is 0.649. The number of aliphatic hydroxyl groups excluding tert-OH is 1. The summed E-state index contributed by atoms with van der Waals surface area (Å²) in [5.41, 5.74) is 0. The summed E-state index contributed by atoms with van der Waals surface area (Å²) in [5, 5.41) is 8.54. The van der Waals surface area contributed by atoms with Crippen molar-refractivity contribution in [2.24, 2.45) is 5.92 Å². The number of halogens is 3. The third-order valence-corrected chi connectivity index (χ3v) is 1.49. The summed E-state index contributed by atoms with van der Waals surface area (Å²) < 4.78 is 44.3. The molecule has 0 unspecified atom stereocenters. The lowest BCUT2D eigenvalue weighted by atomic mass is 10.2. The van der Waals surface area contributed by atoms with E-state index < -0.39 is 12.5 Å². The Bertz CT molecular complexity index is 139. The molecule has 0 saturated carbocycles. The topological polar surface area (TPSA) is 38.7 Å². The van der Waals surface area contributed by atoms with Crippen LogP contribution in [-0.2, 0) is 9.47 Å². The smallest absolute Gasteiger partial charge is 0.396 e. The van der Waals surface area contributed by atoms with Crippen LogP contribution in [0.5, 0.6) is 0 Å². The molecule has 6 heteroatoms. The summed E-state index contributed by atoms with van der Waals surface area (Å²) >= 11 is 0. The zero-order valence-electron chi connectivity index (χ0n) is 6.17.